The maximum absolute atomic E-state index is 9.70. The van der Waals surface area contributed by atoms with Gasteiger partial charge in [-0.2, -0.15) is 0 Å². The van der Waals surface area contributed by atoms with Crippen LogP contribution in [0.3, 0.4) is 0 Å². The van der Waals surface area contributed by atoms with Crippen molar-refractivity contribution in [3.05, 3.63) is 30.0 Å². The first-order chi connectivity index (χ1) is 10.2. The summed E-state index contributed by atoms with van der Waals surface area (Å²) in [6, 6.07) is 5.80. The number of rotatable bonds is 9. The molecule has 0 aliphatic carbocycles. The Hall–Kier alpha value is -1.60. The summed E-state index contributed by atoms with van der Waals surface area (Å²) < 4.78 is 10.6. The molecule has 0 unspecified atom stereocenters. The van der Waals surface area contributed by atoms with E-state index in [1.165, 1.54) is 5.56 Å². The largest absolute Gasteiger partial charge is 0.491 e. The van der Waals surface area contributed by atoms with E-state index in [1.54, 1.807) is 0 Å². The van der Waals surface area contributed by atoms with Gasteiger partial charge in [-0.1, -0.05) is 0 Å². The van der Waals surface area contributed by atoms with Gasteiger partial charge in [-0.05, 0) is 23.8 Å². The highest BCUT2D eigenvalue weighted by Gasteiger charge is 2.08. The fourth-order valence-corrected chi connectivity index (χ4v) is 2.17. The maximum atomic E-state index is 9.70. The Balaban J connectivity index is 1.94. The number of aliphatic hydroxyl groups is 2. The summed E-state index contributed by atoms with van der Waals surface area (Å²) in [7, 11) is 0. The van der Waals surface area contributed by atoms with E-state index in [1.807, 2.05) is 24.4 Å². The van der Waals surface area contributed by atoms with Crippen molar-refractivity contribution in [2.45, 2.75) is 12.5 Å². The van der Waals surface area contributed by atoms with Gasteiger partial charge in [0.1, 0.15) is 18.5 Å². The van der Waals surface area contributed by atoms with E-state index in [4.69, 9.17) is 14.6 Å². The van der Waals surface area contributed by atoms with E-state index in [0.717, 1.165) is 23.9 Å². The smallest absolute Gasteiger partial charge is 0.120 e. The molecule has 0 bridgehead atoms. The minimum Gasteiger partial charge on any atom is -0.491 e. The Bertz CT molecular complexity index is 556. The normalized spacial score (nSPS) is 12.7. The molecule has 2 rings (SSSR count). The van der Waals surface area contributed by atoms with Crippen LogP contribution in [-0.4, -0.2) is 54.3 Å². The standard InChI is InChI=1S/C15H22N2O4/c16-4-3-11-8-17-15-2-1-13(7-14(11)15)21-10-12(19)9-20-6-5-18/h1-2,7-8,12,17-19H,3-6,9-10,16H2/p+1/t12-/m1/s1. The Morgan fingerprint density at radius 2 is 2.14 bits per heavy atom. The van der Waals surface area contributed by atoms with Crippen molar-refractivity contribution in [3.63, 3.8) is 0 Å². The minimum atomic E-state index is -0.710. The van der Waals surface area contributed by atoms with Gasteiger partial charge >= 0.3 is 0 Å². The van der Waals surface area contributed by atoms with Crippen molar-refractivity contribution >= 4 is 10.9 Å². The number of aromatic nitrogens is 1. The van der Waals surface area contributed by atoms with Gasteiger partial charge in [0, 0.05) is 23.5 Å². The summed E-state index contributed by atoms with van der Waals surface area (Å²) in [5.41, 5.74) is 6.16. The quantitative estimate of drug-likeness (QED) is 0.477. The first-order valence-electron chi connectivity index (χ1n) is 7.13. The Morgan fingerprint density at radius 3 is 2.90 bits per heavy atom. The zero-order valence-electron chi connectivity index (χ0n) is 12.0. The van der Waals surface area contributed by atoms with Crippen LogP contribution in [0.2, 0.25) is 0 Å². The topological polar surface area (TPSA) is 102 Å². The second-order valence-electron chi connectivity index (χ2n) is 4.89. The van der Waals surface area contributed by atoms with E-state index in [9.17, 15) is 5.11 Å². The number of nitrogens with one attached hydrogen (secondary N) is 1. The number of aliphatic hydroxyl groups excluding tert-OH is 2. The van der Waals surface area contributed by atoms with Crippen LogP contribution in [0.25, 0.3) is 10.9 Å². The van der Waals surface area contributed by atoms with Crippen molar-refractivity contribution < 1.29 is 25.4 Å². The third-order valence-electron chi connectivity index (χ3n) is 3.17. The fourth-order valence-electron chi connectivity index (χ4n) is 2.17. The van der Waals surface area contributed by atoms with Crippen molar-refractivity contribution in [3.8, 4) is 5.75 Å². The molecular weight excluding hydrogens is 272 g/mol. The maximum Gasteiger partial charge on any atom is 0.120 e. The molecule has 2 aromatic rings. The van der Waals surface area contributed by atoms with E-state index < -0.39 is 6.10 Å². The van der Waals surface area contributed by atoms with Crippen LogP contribution in [0.4, 0.5) is 0 Å². The minimum absolute atomic E-state index is 0.0488. The summed E-state index contributed by atoms with van der Waals surface area (Å²) in [4.78, 5) is 3.22. The monoisotopic (exact) mass is 295 g/mol. The number of quaternary nitrogens is 1. The number of benzene rings is 1. The lowest BCUT2D eigenvalue weighted by atomic mass is 10.1. The second kappa shape index (κ2) is 7.99. The number of H-pyrrole nitrogens is 1. The molecule has 0 saturated heterocycles. The molecule has 0 aliphatic heterocycles. The highest BCUT2D eigenvalue weighted by molar-refractivity contribution is 5.84. The molecule has 1 atom stereocenters. The van der Waals surface area contributed by atoms with Gasteiger partial charge in [0.05, 0.1) is 26.4 Å². The molecule has 0 aliphatic rings. The van der Waals surface area contributed by atoms with Gasteiger partial charge in [-0.25, -0.2) is 0 Å². The molecule has 1 aromatic heterocycles. The molecular formula is C15H23N2O4+. The van der Waals surface area contributed by atoms with Crippen molar-refractivity contribution in [2.24, 2.45) is 0 Å². The number of hydrogen-bond acceptors (Lipinski definition) is 4. The van der Waals surface area contributed by atoms with Crippen LogP contribution in [0.1, 0.15) is 5.56 Å². The third-order valence-corrected chi connectivity index (χ3v) is 3.17. The van der Waals surface area contributed by atoms with Gasteiger partial charge in [0.15, 0.2) is 0 Å². The zero-order chi connectivity index (χ0) is 15.1. The molecule has 0 saturated carbocycles. The molecule has 0 amide bonds. The SMILES string of the molecule is [NH3+]CCc1c[nH]c2ccc(OC[C@H](O)COCCO)cc12. The Kier molecular flexibility index (Phi) is 6.01. The average Bonchev–Trinajstić information content (AvgIpc) is 2.88. The van der Waals surface area contributed by atoms with Gasteiger partial charge in [-0.15, -0.1) is 0 Å². The molecule has 1 aromatic carbocycles. The van der Waals surface area contributed by atoms with Crippen LogP contribution < -0.4 is 10.5 Å². The van der Waals surface area contributed by atoms with E-state index in [-0.39, 0.29) is 26.4 Å². The Labute approximate surface area is 123 Å². The highest BCUT2D eigenvalue weighted by atomic mass is 16.5. The van der Waals surface area contributed by atoms with E-state index in [2.05, 4.69) is 10.7 Å². The summed E-state index contributed by atoms with van der Waals surface area (Å²) in [6.07, 6.45) is 2.20. The van der Waals surface area contributed by atoms with Crippen LogP contribution in [-0.2, 0) is 11.2 Å². The predicted molar refractivity (Wildman–Crippen MR) is 79.2 cm³/mol. The zero-order valence-corrected chi connectivity index (χ0v) is 12.0. The van der Waals surface area contributed by atoms with Crippen molar-refractivity contribution in [1.82, 2.24) is 4.98 Å². The van der Waals surface area contributed by atoms with Gasteiger partial charge in [-0.3, -0.25) is 0 Å². The first-order valence-corrected chi connectivity index (χ1v) is 7.13. The average molecular weight is 295 g/mol. The molecule has 0 radical (unpaired) electrons. The van der Waals surface area contributed by atoms with Crippen LogP contribution in [0, 0.1) is 0 Å². The summed E-state index contributed by atoms with van der Waals surface area (Å²) in [5, 5.41) is 19.4. The van der Waals surface area contributed by atoms with Crippen LogP contribution >= 0.6 is 0 Å². The van der Waals surface area contributed by atoms with Gasteiger partial charge in [0.2, 0.25) is 0 Å². The van der Waals surface area contributed by atoms with E-state index >= 15 is 0 Å². The highest BCUT2D eigenvalue weighted by Crippen LogP contribution is 2.24. The molecule has 6 nitrogen and oxygen atoms in total. The van der Waals surface area contributed by atoms with Crippen LogP contribution in [0.15, 0.2) is 24.4 Å². The first kappa shape index (κ1) is 15.8. The summed E-state index contributed by atoms with van der Waals surface area (Å²) in [6.45, 7) is 1.33. The molecule has 0 fully saturated rings. The molecule has 6 N–H and O–H groups in total. The number of ether oxygens (including phenoxy) is 2. The number of fused-ring (bicyclic) bond motifs is 1. The lowest BCUT2D eigenvalue weighted by Crippen LogP contribution is -2.51. The summed E-state index contributed by atoms with van der Waals surface area (Å²) >= 11 is 0. The van der Waals surface area contributed by atoms with Crippen molar-refractivity contribution in [1.29, 1.82) is 0 Å². The third kappa shape index (κ3) is 4.44. The molecule has 116 valence electrons. The fraction of sp³-hybridized carbons (Fsp3) is 0.467. The number of aromatic amines is 1. The Morgan fingerprint density at radius 1 is 1.29 bits per heavy atom. The predicted octanol–water partition coefficient (Wildman–Crippen LogP) is -0.299. The molecule has 21 heavy (non-hydrogen) atoms. The lowest BCUT2D eigenvalue weighted by molar-refractivity contribution is -0.366. The summed E-state index contributed by atoms with van der Waals surface area (Å²) in [5.74, 6) is 0.716. The van der Waals surface area contributed by atoms with Crippen LogP contribution in [0.5, 0.6) is 5.75 Å². The molecule has 6 heteroatoms. The van der Waals surface area contributed by atoms with Crippen molar-refractivity contribution in [2.75, 3.05) is 33.0 Å². The molecule has 1 heterocycles. The molecule has 0 spiro atoms. The van der Waals surface area contributed by atoms with E-state index in [0.29, 0.717) is 5.75 Å². The van der Waals surface area contributed by atoms with Gasteiger partial charge in [0.25, 0.3) is 0 Å². The second-order valence-corrected chi connectivity index (χ2v) is 4.89. The lowest BCUT2D eigenvalue weighted by Gasteiger charge is -2.12. The van der Waals surface area contributed by atoms with Gasteiger partial charge < -0.3 is 30.4 Å². The number of hydrogen-bond donors (Lipinski definition) is 4.